The van der Waals surface area contributed by atoms with Crippen molar-refractivity contribution in [3.05, 3.63) is 24.3 Å². The number of benzene rings is 1. The van der Waals surface area contributed by atoms with Crippen molar-refractivity contribution in [3.63, 3.8) is 0 Å². The van der Waals surface area contributed by atoms with Crippen LogP contribution in [0.1, 0.15) is 13.8 Å². The summed E-state index contributed by atoms with van der Waals surface area (Å²) in [4.78, 5) is 20.3. The minimum Gasteiger partial charge on any atom is -0.378 e. The Kier molecular flexibility index (Phi) is 4.85. The van der Waals surface area contributed by atoms with E-state index < -0.39 is 9.84 Å². The standard InChI is InChI=1S/C17H23N3O3S2/c1-11(2)16(21)18-17-20(13-7-5-12(6-8-13)19(3)4)14-9-25(22,23)10-15(14)24-17/h5-8,11,14-15H,9-10H2,1-4H3/t14-,15+/m0/s1. The van der Waals surface area contributed by atoms with Crippen molar-refractivity contribution in [1.82, 2.24) is 0 Å². The lowest BCUT2D eigenvalue weighted by atomic mass is 10.2. The van der Waals surface area contributed by atoms with E-state index in [4.69, 9.17) is 0 Å². The molecule has 0 radical (unpaired) electrons. The topological polar surface area (TPSA) is 70.0 Å². The summed E-state index contributed by atoms with van der Waals surface area (Å²) in [5.41, 5.74) is 1.93. The van der Waals surface area contributed by atoms with Gasteiger partial charge in [0.05, 0.1) is 17.5 Å². The smallest absolute Gasteiger partial charge is 0.250 e. The minimum absolute atomic E-state index is 0.0720. The van der Waals surface area contributed by atoms with Crippen molar-refractivity contribution >= 4 is 44.0 Å². The van der Waals surface area contributed by atoms with Gasteiger partial charge < -0.3 is 9.80 Å². The molecule has 0 aliphatic carbocycles. The second-order valence-corrected chi connectivity index (χ2v) is 10.3. The Morgan fingerprint density at radius 3 is 2.44 bits per heavy atom. The molecule has 2 heterocycles. The number of rotatable bonds is 3. The van der Waals surface area contributed by atoms with E-state index in [1.54, 1.807) is 0 Å². The summed E-state index contributed by atoms with van der Waals surface area (Å²) in [6, 6.07) is 7.72. The van der Waals surface area contributed by atoms with Gasteiger partial charge in [0.2, 0.25) is 0 Å². The second-order valence-electron chi connectivity index (χ2n) is 6.97. The normalized spacial score (nSPS) is 26.3. The summed E-state index contributed by atoms with van der Waals surface area (Å²) < 4.78 is 24.1. The average Bonchev–Trinajstić information content (AvgIpc) is 2.98. The third kappa shape index (κ3) is 3.69. The number of nitrogens with zero attached hydrogens (tertiary/aromatic N) is 3. The molecule has 3 rings (SSSR count). The van der Waals surface area contributed by atoms with Gasteiger partial charge in [-0.2, -0.15) is 4.99 Å². The van der Waals surface area contributed by atoms with Gasteiger partial charge in [-0.25, -0.2) is 8.42 Å². The van der Waals surface area contributed by atoms with E-state index in [9.17, 15) is 13.2 Å². The predicted octanol–water partition coefficient (Wildman–Crippen LogP) is 2.01. The van der Waals surface area contributed by atoms with Crippen molar-refractivity contribution in [2.24, 2.45) is 10.9 Å². The molecule has 6 nitrogen and oxygen atoms in total. The highest BCUT2D eigenvalue weighted by atomic mass is 32.2. The highest BCUT2D eigenvalue weighted by Gasteiger charge is 2.49. The Labute approximate surface area is 153 Å². The first-order valence-electron chi connectivity index (χ1n) is 8.24. The lowest BCUT2D eigenvalue weighted by Gasteiger charge is -2.25. The van der Waals surface area contributed by atoms with Gasteiger partial charge in [0.25, 0.3) is 5.91 Å². The molecule has 1 aromatic carbocycles. The number of aliphatic imine (C=N–C) groups is 1. The van der Waals surface area contributed by atoms with Crippen LogP contribution in [0.25, 0.3) is 0 Å². The zero-order valence-electron chi connectivity index (χ0n) is 14.8. The summed E-state index contributed by atoms with van der Waals surface area (Å²) in [6.45, 7) is 3.63. The summed E-state index contributed by atoms with van der Waals surface area (Å²) in [5, 5.41) is 0.540. The molecule has 0 bridgehead atoms. The first-order valence-corrected chi connectivity index (χ1v) is 10.9. The van der Waals surface area contributed by atoms with E-state index in [0.717, 1.165) is 11.4 Å². The maximum atomic E-state index is 12.1. The highest BCUT2D eigenvalue weighted by Crippen LogP contribution is 2.41. The third-order valence-corrected chi connectivity index (χ3v) is 7.62. The molecule has 0 spiro atoms. The van der Waals surface area contributed by atoms with Crippen LogP contribution >= 0.6 is 11.8 Å². The number of thioether (sulfide) groups is 1. The zero-order valence-corrected chi connectivity index (χ0v) is 16.5. The Morgan fingerprint density at radius 2 is 1.88 bits per heavy atom. The summed E-state index contributed by atoms with van der Waals surface area (Å²) >= 11 is 1.41. The van der Waals surface area contributed by atoms with Crippen LogP contribution in [0.15, 0.2) is 29.3 Å². The molecule has 1 amide bonds. The molecule has 0 saturated carbocycles. The average molecular weight is 382 g/mol. The Bertz CT molecular complexity index is 801. The molecule has 2 saturated heterocycles. The number of carbonyl (C=O) groups is 1. The number of sulfone groups is 1. The summed E-state index contributed by atoms with van der Waals surface area (Å²) in [7, 11) is 0.887. The van der Waals surface area contributed by atoms with Crippen LogP contribution in [-0.4, -0.2) is 56.4 Å². The SMILES string of the molecule is CC(C)C(=O)N=C1S[C@@H]2CS(=O)(=O)C[C@@H]2N1c1ccc(N(C)C)cc1. The summed E-state index contributed by atoms with van der Waals surface area (Å²) in [6.07, 6.45) is 0. The van der Waals surface area contributed by atoms with Crippen molar-refractivity contribution in [1.29, 1.82) is 0 Å². The van der Waals surface area contributed by atoms with Gasteiger partial charge >= 0.3 is 0 Å². The molecule has 2 fully saturated rings. The zero-order chi connectivity index (χ0) is 18.4. The quantitative estimate of drug-likeness (QED) is 0.798. The molecule has 8 heteroatoms. The fraction of sp³-hybridized carbons (Fsp3) is 0.529. The van der Waals surface area contributed by atoms with Crippen LogP contribution in [0.3, 0.4) is 0 Å². The first kappa shape index (κ1) is 18.3. The minimum atomic E-state index is -3.05. The Morgan fingerprint density at radius 1 is 1.24 bits per heavy atom. The maximum Gasteiger partial charge on any atom is 0.250 e. The molecular weight excluding hydrogens is 358 g/mol. The van der Waals surface area contributed by atoms with Crippen LogP contribution in [-0.2, 0) is 14.6 Å². The largest absolute Gasteiger partial charge is 0.378 e. The Hall–Kier alpha value is -1.54. The first-order chi connectivity index (χ1) is 11.7. The number of fused-ring (bicyclic) bond motifs is 1. The Balaban J connectivity index is 1.98. The molecule has 0 aromatic heterocycles. The van der Waals surface area contributed by atoms with Crippen molar-refractivity contribution in [2.75, 3.05) is 35.4 Å². The predicted molar refractivity (Wildman–Crippen MR) is 104 cm³/mol. The number of carbonyl (C=O) groups excluding carboxylic acids is 1. The highest BCUT2D eigenvalue weighted by molar-refractivity contribution is 8.16. The van der Waals surface area contributed by atoms with Gasteiger partial charge in [0.15, 0.2) is 15.0 Å². The number of anilines is 2. The van der Waals surface area contributed by atoms with Crippen LogP contribution < -0.4 is 9.80 Å². The number of amidine groups is 1. The van der Waals surface area contributed by atoms with E-state index in [2.05, 4.69) is 4.99 Å². The molecule has 2 aliphatic rings. The molecule has 0 N–H and O–H groups in total. The van der Waals surface area contributed by atoms with Crippen molar-refractivity contribution < 1.29 is 13.2 Å². The number of hydrogen-bond acceptors (Lipinski definition) is 5. The van der Waals surface area contributed by atoms with E-state index in [1.165, 1.54) is 11.8 Å². The van der Waals surface area contributed by atoms with E-state index >= 15 is 0 Å². The molecule has 2 atom stereocenters. The van der Waals surface area contributed by atoms with Crippen molar-refractivity contribution in [2.45, 2.75) is 25.1 Å². The van der Waals surface area contributed by atoms with Gasteiger partial charge in [0.1, 0.15) is 0 Å². The molecule has 0 unspecified atom stereocenters. The van der Waals surface area contributed by atoms with E-state index in [1.807, 2.05) is 62.0 Å². The molecular formula is C17H23N3O3S2. The monoisotopic (exact) mass is 381 g/mol. The second kappa shape index (κ2) is 6.64. The number of amides is 1. The van der Waals surface area contributed by atoms with Gasteiger partial charge in [-0.3, -0.25) is 4.79 Å². The van der Waals surface area contributed by atoms with Crippen LogP contribution in [0.4, 0.5) is 11.4 Å². The molecule has 25 heavy (non-hydrogen) atoms. The summed E-state index contributed by atoms with van der Waals surface area (Å²) in [5.74, 6) is -0.117. The lowest BCUT2D eigenvalue weighted by molar-refractivity contribution is -0.120. The van der Waals surface area contributed by atoms with Crippen LogP contribution in [0.5, 0.6) is 0 Å². The van der Waals surface area contributed by atoms with Crippen LogP contribution in [0.2, 0.25) is 0 Å². The fourth-order valence-corrected chi connectivity index (χ4v) is 6.92. The fourth-order valence-electron chi connectivity index (χ4n) is 3.00. The van der Waals surface area contributed by atoms with Gasteiger partial charge in [0, 0.05) is 36.6 Å². The van der Waals surface area contributed by atoms with Crippen LogP contribution in [0, 0.1) is 5.92 Å². The van der Waals surface area contributed by atoms with Gasteiger partial charge in [-0.1, -0.05) is 25.6 Å². The maximum absolute atomic E-state index is 12.1. The lowest BCUT2D eigenvalue weighted by Crippen LogP contribution is -2.37. The van der Waals surface area contributed by atoms with Gasteiger partial charge in [-0.05, 0) is 24.3 Å². The van der Waals surface area contributed by atoms with Gasteiger partial charge in [-0.15, -0.1) is 0 Å². The molecule has 2 aliphatic heterocycles. The molecule has 136 valence electrons. The number of hydrogen-bond donors (Lipinski definition) is 0. The third-order valence-electron chi connectivity index (χ3n) is 4.41. The van der Waals surface area contributed by atoms with E-state index in [0.29, 0.717) is 5.17 Å². The molecule has 1 aromatic rings. The van der Waals surface area contributed by atoms with E-state index in [-0.39, 0.29) is 34.6 Å². The van der Waals surface area contributed by atoms with Crippen molar-refractivity contribution in [3.8, 4) is 0 Å².